The normalized spacial score (nSPS) is 18.2. The number of hydrogen-bond donors (Lipinski definition) is 0. The number of nitrogens with zero attached hydrogens (tertiary/aromatic N) is 1. The summed E-state index contributed by atoms with van der Waals surface area (Å²) in [6.45, 7) is 0. The molecule has 0 bridgehead atoms. The van der Waals surface area contributed by atoms with Crippen molar-refractivity contribution >= 4 is 60.4 Å². The van der Waals surface area contributed by atoms with Crippen LogP contribution < -0.4 is 4.90 Å². The molecule has 0 atom stereocenters. The first kappa shape index (κ1) is 25.4. The zero-order valence-corrected chi connectivity index (χ0v) is 25.7. The van der Waals surface area contributed by atoms with Crippen LogP contribution in [0.5, 0.6) is 0 Å². The Labute approximate surface area is 264 Å². The van der Waals surface area contributed by atoms with Crippen molar-refractivity contribution in [2.24, 2.45) is 0 Å². The fourth-order valence-electron chi connectivity index (χ4n) is 8.85. The van der Waals surface area contributed by atoms with E-state index in [0.717, 1.165) is 12.8 Å². The second-order valence-electron chi connectivity index (χ2n) is 13.6. The van der Waals surface area contributed by atoms with Crippen LogP contribution in [0.25, 0.3) is 54.7 Å². The topological polar surface area (TPSA) is 3.24 Å². The van der Waals surface area contributed by atoms with E-state index < -0.39 is 0 Å². The van der Waals surface area contributed by atoms with E-state index in [9.17, 15) is 0 Å². The maximum Gasteiger partial charge on any atom is 0.0441 e. The average Bonchev–Trinajstić information content (AvgIpc) is 3.92. The lowest BCUT2D eigenvalue weighted by molar-refractivity contribution is 0.830. The maximum absolute atomic E-state index is 2.55. The van der Waals surface area contributed by atoms with Crippen LogP contribution in [0.2, 0.25) is 0 Å². The Balaban J connectivity index is 1.28. The third-order valence-electron chi connectivity index (χ3n) is 11.2. The number of anilines is 1. The minimum Gasteiger partial charge on any atom is -0.344 e. The SMILES string of the molecule is CN1C2=C(CCC=C2)CCc2cc(C3=Cc4c(c5ccccc5c5c6ccccc6c6ccccc6c45)C4(C=C3)CC4)ccc21. The molecule has 1 spiro atoms. The molecule has 1 saturated carbocycles. The molecule has 45 heavy (non-hydrogen) atoms. The van der Waals surface area contributed by atoms with Gasteiger partial charge in [-0.3, -0.25) is 0 Å². The number of likely N-dealkylation sites (N-methyl/N-ethyl adjacent to an activating group) is 1. The van der Waals surface area contributed by atoms with Gasteiger partial charge in [0, 0.05) is 23.8 Å². The van der Waals surface area contributed by atoms with Gasteiger partial charge in [0.15, 0.2) is 0 Å². The standard InChI is InChI=1S/C44H35N/c1-45-39-17-9-2-10-28(39)18-19-31-26-29(20-21-40(31)45)30-22-23-44(24-25-44)43-37-16-8-7-15-36(37)41-34-13-5-3-11-32(34)33-12-4-6-14-35(33)42(41)38(43)27-30/h3-9,11-17,20-23,26-27H,2,10,18-19,24-25H2,1H3. The minimum atomic E-state index is 0.0926. The van der Waals surface area contributed by atoms with E-state index in [1.165, 1.54) is 108 Å². The van der Waals surface area contributed by atoms with Gasteiger partial charge in [0.05, 0.1) is 0 Å². The Morgan fingerprint density at radius 3 is 2.04 bits per heavy atom. The van der Waals surface area contributed by atoms with Gasteiger partial charge in [0.25, 0.3) is 0 Å². The summed E-state index contributed by atoms with van der Waals surface area (Å²) in [5.41, 5.74) is 11.5. The lowest BCUT2D eigenvalue weighted by Gasteiger charge is -2.25. The van der Waals surface area contributed by atoms with Gasteiger partial charge in [-0.2, -0.15) is 0 Å². The van der Waals surface area contributed by atoms with Crippen molar-refractivity contribution in [3.05, 3.63) is 149 Å². The Kier molecular flexibility index (Phi) is 5.27. The fourth-order valence-corrected chi connectivity index (χ4v) is 8.85. The number of allylic oxidation sites excluding steroid dienone is 6. The summed E-state index contributed by atoms with van der Waals surface area (Å²) in [6.07, 6.45) is 19.2. The highest BCUT2D eigenvalue weighted by Crippen LogP contribution is 2.57. The number of fused-ring (bicyclic) bond motifs is 13. The summed E-state index contributed by atoms with van der Waals surface area (Å²) in [4.78, 5) is 2.43. The van der Waals surface area contributed by atoms with Gasteiger partial charge in [0.1, 0.15) is 0 Å². The molecule has 4 aliphatic rings. The molecule has 1 aliphatic heterocycles. The number of aryl methyl sites for hydroxylation is 1. The van der Waals surface area contributed by atoms with E-state index in [-0.39, 0.29) is 5.41 Å². The van der Waals surface area contributed by atoms with E-state index in [4.69, 9.17) is 0 Å². The number of benzene rings is 6. The van der Waals surface area contributed by atoms with Crippen molar-refractivity contribution in [1.29, 1.82) is 0 Å². The van der Waals surface area contributed by atoms with Crippen LogP contribution in [0.1, 0.15) is 54.4 Å². The summed E-state index contributed by atoms with van der Waals surface area (Å²) in [7, 11) is 2.25. The first-order valence-corrected chi connectivity index (χ1v) is 16.7. The quantitative estimate of drug-likeness (QED) is 0.176. The first-order valence-electron chi connectivity index (χ1n) is 16.7. The lowest BCUT2D eigenvalue weighted by Crippen LogP contribution is -2.17. The van der Waals surface area contributed by atoms with Crippen LogP contribution in [0.4, 0.5) is 5.69 Å². The van der Waals surface area contributed by atoms with Gasteiger partial charge in [-0.15, -0.1) is 0 Å². The molecule has 1 nitrogen and oxygen atoms in total. The van der Waals surface area contributed by atoms with Gasteiger partial charge in [-0.1, -0.05) is 97.1 Å². The van der Waals surface area contributed by atoms with Crippen molar-refractivity contribution < 1.29 is 0 Å². The molecule has 6 aromatic rings. The van der Waals surface area contributed by atoms with Gasteiger partial charge in [0.2, 0.25) is 0 Å². The molecular formula is C44H35N. The van der Waals surface area contributed by atoms with E-state index >= 15 is 0 Å². The Morgan fingerprint density at radius 1 is 0.644 bits per heavy atom. The third kappa shape index (κ3) is 3.61. The Morgan fingerprint density at radius 2 is 1.31 bits per heavy atom. The van der Waals surface area contributed by atoms with Crippen molar-refractivity contribution in [2.45, 2.75) is 43.9 Å². The summed E-state index contributed by atoms with van der Waals surface area (Å²) in [6, 6.07) is 34.5. The largest absolute Gasteiger partial charge is 0.344 e. The maximum atomic E-state index is 2.55. The van der Waals surface area contributed by atoms with Gasteiger partial charge >= 0.3 is 0 Å². The summed E-state index contributed by atoms with van der Waals surface area (Å²) >= 11 is 0. The van der Waals surface area contributed by atoms with Crippen molar-refractivity contribution in [3.63, 3.8) is 0 Å². The second-order valence-corrected chi connectivity index (χ2v) is 13.6. The molecule has 216 valence electrons. The zero-order chi connectivity index (χ0) is 29.7. The van der Waals surface area contributed by atoms with Crippen LogP contribution >= 0.6 is 0 Å². The molecular weight excluding hydrogens is 542 g/mol. The van der Waals surface area contributed by atoms with Crippen LogP contribution in [0, 0.1) is 0 Å². The number of hydrogen-bond acceptors (Lipinski definition) is 1. The summed E-state index contributed by atoms with van der Waals surface area (Å²) < 4.78 is 0. The highest BCUT2D eigenvalue weighted by atomic mass is 15.1. The van der Waals surface area contributed by atoms with Gasteiger partial charge < -0.3 is 4.90 Å². The molecule has 0 aromatic heterocycles. The predicted octanol–water partition coefficient (Wildman–Crippen LogP) is 11.4. The smallest absolute Gasteiger partial charge is 0.0441 e. The molecule has 0 amide bonds. The Bertz CT molecular complexity index is 2390. The van der Waals surface area contributed by atoms with Gasteiger partial charge in [-0.25, -0.2) is 0 Å². The van der Waals surface area contributed by atoms with Crippen LogP contribution in [0.15, 0.2) is 127 Å². The molecule has 10 rings (SSSR count). The van der Waals surface area contributed by atoms with E-state index in [2.05, 4.69) is 133 Å². The molecule has 0 unspecified atom stereocenters. The van der Waals surface area contributed by atoms with Crippen molar-refractivity contribution in [3.8, 4) is 0 Å². The van der Waals surface area contributed by atoms with Crippen molar-refractivity contribution in [2.75, 3.05) is 11.9 Å². The van der Waals surface area contributed by atoms with Crippen LogP contribution in [0.3, 0.4) is 0 Å². The first-order chi connectivity index (χ1) is 22.2. The van der Waals surface area contributed by atoms with Crippen LogP contribution in [-0.2, 0) is 11.8 Å². The predicted molar refractivity (Wildman–Crippen MR) is 193 cm³/mol. The zero-order valence-electron chi connectivity index (χ0n) is 25.7. The molecule has 1 fully saturated rings. The summed E-state index contributed by atoms with van der Waals surface area (Å²) in [5.74, 6) is 0. The Hall–Kier alpha value is -4.88. The highest BCUT2D eigenvalue weighted by molar-refractivity contribution is 6.34. The number of rotatable bonds is 1. The average molecular weight is 578 g/mol. The minimum absolute atomic E-state index is 0.0926. The lowest BCUT2D eigenvalue weighted by atomic mass is 9.80. The molecule has 3 aliphatic carbocycles. The monoisotopic (exact) mass is 577 g/mol. The van der Waals surface area contributed by atoms with E-state index in [1.54, 1.807) is 5.57 Å². The van der Waals surface area contributed by atoms with E-state index in [1.807, 2.05) is 0 Å². The molecule has 0 N–H and O–H groups in total. The van der Waals surface area contributed by atoms with Gasteiger partial charge in [-0.05, 0) is 139 Å². The molecule has 6 aromatic carbocycles. The molecule has 0 radical (unpaired) electrons. The third-order valence-corrected chi connectivity index (χ3v) is 11.2. The highest BCUT2D eigenvalue weighted by Gasteiger charge is 2.45. The summed E-state index contributed by atoms with van der Waals surface area (Å²) in [5, 5.41) is 11.0. The van der Waals surface area contributed by atoms with Crippen LogP contribution in [-0.4, -0.2) is 7.05 Å². The fraction of sp³-hybridized carbons (Fsp3) is 0.182. The van der Waals surface area contributed by atoms with Crippen molar-refractivity contribution in [1.82, 2.24) is 0 Å². The second kappa shape index (κ2) is 9.31. The molecule has 1 heterocycles. The van der Waals surface area contributed by atoms with E-state index in [0.29, 0.717) is 0 Å². The molecule has 1 heteroatoms. The molecule has 0 saturated heterocycles.